The van der Waals surface area contributed by atoms with Crippen molar-refractivity contribution in [1.82, 2.24) is 4.57 Å². The van der Waals surface area contributed by atoms with Gasteiger partial charge in [0.25, 0.3) is 0 Å². The Hall–Kier alpha value is -2.03. The molecule has 0 saturated carbocycles. The molecule has 2 aromatic rings. The van der Waals surface area contributed by atoms with Gasteiger partial charge < -0.3 is 9.30 Å². The summed E-state index contributed by atoms with van der Waals surface area (Å²) in [5, 5.41) is 0. The van der Waals surface area contributed by atoms with Gasteiger partial charge in [-0.2, -0.15) is 0 Å². The fourth-order valence-electron chi connectivity index (χ4n) is 2.13. The van der Waals surface area contributed by atoms with Gasteiger partial charge in [0.2, 0.25) is 0 Å². The molecule has 0 saturated heterocycles. The second-order valence-corrected chi connectivity index (χ2v) is 4.35. The molecule has 3 heteroatoms. The quantitative estimate of drug-likeness (QED) is 0.776. The zero-order chi connectivity index (χ0) is 13.1. The molecule has 1 heterocycles. The maximum absolute atomic E-state index is 11.6. The van der Waals surface area contributed by atoms with Crippen LogP contribution >= 0.6 is 0 Å². The summed E-state index contributed by atoms with van der Waals surface area (Å²) in [7, 11) is 1.41. The number of ether oxygens (including phenoxy) is 1. The van der Waals surface area contributed by atoms with E-state index in [0.717, 1.165) is 17.9 Å². The van der Waals surface area contributed by atoms with E-state index in [1.165, 1.54) is 12.7 Å². The second-order valence-electron chi connectivity index (χ2n) is 4.35. The van der Waals surface area contributed by atoms with E-state index in [9.17, 15) is 4.79 Å². The first kappa shape index (κ1) is 12.4. The molecule has 2 rings (SSSR count). The van der Waals surface area contributed by atoms with Crippen molar-refractivity contribution < 1.29 is 9.53 Å². The van der Waals surface area contributed by atoms with Gasteiger partial charge in [0, 0.05) is 17.9 Å². The van der Waals surface area contributed by atoms with Crippen LogP contribution in [0.1, 0.15) is 27.3 Å². The summed E-state index contributed by atoms with van der Waals surface area (Å²) in [5.74, 6) is -0.276. The Kier molecular flexibility index (Phi) is 3.51. The van der Waals surface area contributed by atoms with Gasteiger partial charge >= 0.3 is 5.97 Å². The molecule has 3 nitrogen and oxygen atoms in total. The van der Waals surface area contributed by atoms with Crippen LogP contribution in [0.2, 0.25) is 0 Å². The molecule has 0 radical (unpaired) electrons. The van der Waals surface area contributed by atoms with E-state index in [1.807, 2.05) is 38.1 Å². The number of hydrogen-bond acceptors (Lipinski definition) is 2. The molecule has 94 valence electrons. The van der Waals surface area contributed by atoms with Crippen molar-refractivity contribution in [2.45, 2.75) is 20.4 Å². The summed E-state index contributed by atoms with van der Waals surface area (Å²) in [6.45, 7) is 4.72. The lowest BCUT2D eigenvalue weighted by Gasteiger charge is -2.09. The van der Waals surface area contributed by atoms with Crippen molar-refractivity contribution >= 4 is 5.97 Å². The summed E-state index contributed by atoms with van der Waals surface area (Å²) >= 11 is 0. The molecular formula is C15H17NO2. The Bertz CT molecular complexity index is 555. The van der Waals surface area contributed by atoms with Crippen molar-refractivity contribution in [2.75, 3.05) is 7.11 Å². The molecule has 0 unspecified atom stereocenters. The van der Waals surface area contributed by atoms with Gasteiger partial charge in [-0.1, -0.05) is 30.3 Å². The first-order valence-corrected chi connectivity index (χ1v) is 5.92. The van der Waals surface area contributed by atoms with Gasteiger partial charge in [0.1, 0.15) is 0 Å². The van der Waals surface area contributed by atoms with Gasteiger partial charge in [0.15, 0.2) is 0 Å². The van der Waals surface area contributed by atoms with E-state index in [-0.39, 0.29) is 5.97 Å². The molecule has 0 aliphatic heterocycles. The first-order chi connectivity index (χ1) is 8.63. The highest BCUT2D eigenvalue weighted by atomic mass is 16.5. The number of rotatable bonds is 3. The number of benzene rings is 1. The third kappa shape index (κ3) is 2.30. The predicted octanol–water partition coefficient (Wildman–Crippen LogP) is 2.94. The topological polar surface area (TPSA) is 31.2 Å². The standard InChI is InChI=1S/C15H17NO2/c1-11-9-14(15(17)18-3)12(2)16(11)10-13-7-5-4-6-8-13/h4-9H,10H2,1-3H3. The van der Waals surface area contributed by atoms with Crippen molar-refractivity contribution in [3.63, 3.8) is 0 Å². The number of methoxy groups -OCH3 is 1. The average molecular weight is 243 g/mol. The van der Waals surface area contributed by atoms with Crippen molar-refractivity contribution in [3.8, 4) is 0 Å². The number of aromatic nitrogens is 1. The second kappa shape index (κ2) is 5.08. The van der Waals surface area contributed by atoms with Crippen LogP contribution in [0, 0.1) is 13.8 Å². The van der Waals surface area contributed by atoms with Crippen molar-refractivity contribution in [2.24, 2.45) is 0 Å². The molecule has 1 aromatic heterocycles. The Balaban J connectivity index is 2.34. The fraction of sp³-hybridized carbons (Fsp3) is 0.267. The van der Waals surface area contributed by atoms with Gasteiger partial charge in [-0.15, -0.1) is 0 Å². The van der Waals surface area contributed by atoms with Gasteiger partial charge in [-0.25, -0.2) is 4.79 Å². The average Bonchev–Trinajstić information content (AvgIpc) is 2.67. The van der Waals surface area contributed by atoms with Gasteiger partial charge in [-0.05, 0) is 25.5 Å². The molecule has 18 heavy (non-hydrogen) atoms. The molecule has 0 spiro atoms. The van der Waals surface area contributed by atoms with Crippen LogP contribution in [0.4, 0.5) is 0 Å². The van der Waals surface area contributed by atoms with E-state index in [1.54, 1.807) is 0 Å². The summed E-state index contributed by atoms with van der Waals surface area (Å²) < 4.78 is 6.91. The number of nitrogens with zero attached hydrogens (tertiary/aromatic N) is 1. The summed E-state index contributed by atoms with van der Waals surface area (Å²) in [6.07, 6.45) is 0. The van der Waals surface area contributed by atoms with E-state index < -0.39 is 0 Å². The minimum atomic E-state index is -0.276. The molecule has 0 aliphatic rings. The van der Waals surface area contributed by atoms with Gasteiger partial charge in [0.05, 0.1) is 12.7 Å². The Labute approximate surface area is 107 Å². The van der Waals surface area contributed by atoms with Crippen LogP contribution in [0.15, 0.2) is 36.4 Å². The van der Waals surface area contributed by atoms with Crippen LogP contribution in [0.5, 0.6) is 0 Å². The Morgan fingerprint density at radius 1 is 1.22 bits per heavy atom. The van der Waals surface area contributed by atoms with Crippen molar-refractivity contribution in [3.05, 3.63) is 58.9 Å². The lowest BCUT2D eigenvalue weighted by molar-refractivity contribution is 0.0600. The zero-order valence-corrected chi connectivity index (χ0v) is 10.9. The fourth-order valence-corrected chi connectivity index (χ4v) is 2.13. The minimum absolute atomic E-state index is 0.276. The highest BCUT2D eigenvalue weighted by molar-refractivity contribution is 5.91. The summed E-state index contributed by atoms with van der Waals surface area (Å²) in [6, 6.07) is 12.1. The van der Waals surface area contributed by atoms with Crippen LogP contribution in [-0.2, 0) is 11.3 Å². The van der Waals surface area contributed by atoms with E-state index in [0.29, 0.717) is 5.56 Å². The SMILES string of the molecule is COC(=O)c1cc(C)n(Cc2ccccc2)c1C. The zero-order valence-electron chi connectivity index (χ0n) is 10.9. The van der Waals surface area contributed by atoms with E-state index >= 15 is 0 Å². The maximum atomic E-state index is 11.6. The van der Waals surface area contributed by atoms with Crippen molar-refractivity contribution in [1.29, 1.82) is 0 Å². The third-order valence-electron chi connectivity index (χ3n) is 3.16. The normalized spacial score (nSPS) is 10.4. The first-order valence-electron chi connectivity index (χ1n) is 5.92. The van der Waals surface area contributed by atoms with Crippen LogP contribution in [0.3, 0.4) is 0 Å². The molecule has 0 bridgehead atoms. The lowest BCUT2D eigenvalue weighted by atomic mass is 10.2. The Morgan fingerprint density at radius 3 is 2.50 bits per heavy atom. The highest BCUT2D eigenvalue weighted by Crippen LogP contribution is 2.17. The third-order valence-corrected chi connectivity index (χ3v) is 3.16. The maximum Gasteiger partial charge on any atom is 0.339 e. The highest BCUT2D eigenvalue weighted by Gasteiger charge is 2.15. The van der Waals surface area contributed by atoms with Crippen LogP contribution in [0.25, 0.3) is 0 Å². The summed E-state index contributed by atoms with van der Waals surface area (Å²) in [4.78, 5) is 11.6. The monoisotopic (exact) mass is 243 g/mol. The van der Waals surface area contributed by atoms with E-state index in [4.69, 9.17) is 4.74 Å². The minimum Gasteiger partial charge on any atom is -0.465 e. The lowest BCUT2D eigenvalue weighted by Crippen LogP contribution is -2.07. The predicted molar refractivity (Wildman–Crippen MR) is 70.8 cm³/mol. The molecule has 0 atom stereocenters. The molecular weight excluding hydrogens is 226 g/mol. The van der Waals surface area contributed by atoms with Crippen LogP contribution < -0.4 is 0 Å². The number of esters is 1. The number of hydrogen-bond donors (Lipinski definition) is 0. The molecule has 0 amide bonds. The molecule has 0 aliphatic carbocycles. The molecule has 0 fully saturated rings. The number of aryl methyl sites for hydroxylation is 1. The Morgan fingerprint density at radius 2 is 1.89 bits per heavy atom. The number of carbonyl (C=O) groups excluding carboxylic acids is 1. The van der Waals surface area contributed by atoms with Gasteiger partial charge in [-0.3, -0.25) is 0 Å². The van der Waals surface area contributed by atoms with E-state index in [2.05, 4.69) is 16.7 Å². The van der Waals surface area contributed by atoms with Crippen LogP contribution in [-0.4, -0.2) is 17.6 Å². The molecule has 1 aromatic carbocycles. The molecule has 0 N–H and O–H groups in total. The smallest absolute Gasteiger partial charge is 0.339 e. The summed E-state index contributed by atoms with van der Waals surface area (Å²) in [5.41, 5.74) is 3.88. The largest absolute Gasteiger partial charge is 0.465 e. The number of carbonyl (C=O) groups is 1.